The van der Waals surface area contributed by atoms with E-state index in [0.717, 1.165) is 38.1 Å². The second kappa shape index (κ2) is 8.18. The number of carbonyl (C=O) groups excluding carboxylic acids is 1. The molecule has 122 valence electrons. The Kier molecular flexibility index (Phi) is 6.25. The summed E-state index contributed by atoms with van der Waals surface area (Å²) in [7, 11) is 1.68. The number of hydrogen-bond acceptors (Lipinski definition) is 4. The van der Waals surface area contributed by atoms with E-state index in [1.54, 1.807) is 7.11 Å². The van der Waals surface area contributed by atoms with Gasteiger partial charge < -0.3 is 9.47 Å². The topological polar surface area (TPSA) is 38.8 Å². The van der Waals surface area contributed by atoms with E-state index in [1.165, 1.54) is 5.56 Å². The molecular weight excluding hydrogens is 278 g/mol. The van der Waals surface area contributed by atoms with Gasteiger partial charge in [-0.3, -0.25) is 9.69 Å². The van der Waals surface area contributed by atoms with Crippen LogP contribution in [0.4, 0.5) is 0 Å². The average Bonchev–Trinajstić information content (AvgIpc) is 2.56. The largest absolute Gasteiger partial charge is 0.497 e. The molecule has 0 amide bonds. The van der Waals surface area contributed by atoms with Gasteiger partial charge in [-0.1, -0.05) is 12.1 Å². The van der Waals surface area contributed by atoms with E-state index in [1.807, 2.05) is 19.1 Å². The molecule has 0 spiro atoms. The lowest BCUT2D eigenvalue weighted by Gasteiger charge is -2.36. The van der Waals surface area contributed by atoms with Crippen LogP contribution >= 0.6 is 0 Å². The van der Waals surface area contributed by atoms with Gasteiger partial charge in [-0.15, -0.1) is 0 Å². The highest BCUT2D eigenvalue weighted by Gasteiger charge is 2.29. The third-order valence-electron chi connectivity index (χ3n) is 4.39. The summed E-state index contributed by atoms with van der Waals surface area (Å²) in [5, 5.41) is 0. The van der Waals surface area contributed by atoms with Crippen molar-refractivity contribution in [1.82, 2.24) is 4.90 Å². The van der Waals surface area contributed by atoms with Crippen LogP contribution < -0.4 is 4.74 Å². The first-order valence-electron chi connectivity index (χ1n) is 8.17. The van der Waals surface area contributed by atoms with Gasteiger partial charge in [0.15, 0.2) is 0 Å². The zero-order valence-electron chi connectivity index (χ0n) is 13.9. The van der Waals surface area contributed by atoms with Crippen molar-refractivity contribution in [3.63, 3.8) is 0 Å². The molecule has 1 aliphatic heterocycles. The van der Waals surface area contributed by atoms with Crippen molar-refractivity contribution >= 4 is 5.97 Å². The molecule has 0 N–H and O–H groups in total. The first kappa shape index (κ1) is 16.8. The normalized spacial score (nSPS) is 20.4. The molecule has 1 aromatic carbocycles. The van der Waals surface area contributed by atoms with E-state index in [9.17, 15) is 4.79 Å². The Bertz CT molecular complexity index is 472. The maximum Gasteiger partial charge on any atom is 0.310 e. The number of ether oxygens (including phenoxy) is 2. The van der Waals surface area contributed by atoms with Crippen LogP contribution in [0.3, 0.4) is 0 Å². The van der Waals surface area contributed by atoms with Gasteiger partial charge in [0.2, 0.25) is 0 Å². The van der Waals surface area contributed by atoms with E-state index in [-0.39, 0.29) is 11.9 Å². The van der Waals surface area contributed by atoms with Crippen LogP contribution in [0.25, 0.3) is 0 Å². The Balaban J connectivity index is 1.90. The molecule has 1 saturated heterocycles. The number of carbonyl (C=O) groups is 1. The van der Waals surface area contributed by atoms with Crippen molar-refractivity contribution in [3.05, 3.63) is 29.8 Å². The number of methoxy groups -OCH3 is 1. The number of likely N-dealkylation sites (tertiary alicyclic amines) is 1. The molecule has 1 heterocycles. The van der Waals surface area contributed by atoms with E-state index < -0.39 is 0 Å². The van der Waals surface area contributed by atoms with Crippen LogP contribution in [0.2, 0.25) is 0 Å². The third kappa shape index (κ3) is 4.47. The Morgan fingerprint density at radius 2 is 2.09 bits per heavy atom. The van der Waals surface area contributed by atoms with Crippen LogP contribution in [0.5, 0.6) is 5.75 Å². The standard InChI is InChI=1S/C18H27NO3/c1-4-22-18(20)16-6-5-11-19(13-16)14(2)12-15-7-9-17(21-3)10-8-15/h7-10,14,16H,4-6,11-13H2,1-3H3/t14-,16-/m0/s1. The summed E-state index contributed by atoms with van der Waals surface area (Å²) in [6.45, 7) is 6.45. The number of benzene rings is 1. The molecular formula is C18H27NO3. The van der Waals surface area contributed by atoms with Gasteiger partial charge in [-0.2, -0.15) is 0 Å². The van der Waals surface area contributed by atoms with Crippen LogP contribution in [-0.4, -0.2) is 43.7 Å². The lowest BCUT2D eigenvalue weighted by atomic mass is 9.95. The average molecular weight is 305 g/mol. The quantitative estimate of drug-likeness (QED) is 0.758. The number of nitrogens with zero attached hydrogens (tertiary/aromatic N) is 1. The van der Waals surface area contributed by atoms with E-state index >= 15 is 0 Å². The monoisotopic (exact) mass is 305 g/mol. The van der Waals surface area contributed by atoms with Crippen LogP contribution in [0, 0.1) is 5.92 Å². The summed E-state index contributed by atoms with van der Waals surface area (Å²) in [5.74, 6) is 0.882. The van der Waals surface area contributed by atoms with Crippen molar-refractivity contribution in [2.45, 2.75) is 39.2 Å². The number of piperidine rings is 1. The van der Waals surface area contributed by atoms with Crippen molar-refractivity contribution < 1.29 is 14.3 Å². The Morgan fingerprint density at radius 1 is 1.36 bits per heavy atom. The highest BCUT2D eigenvalue weighted by atomic mass is 16.5. The third-order valence-corrected chi connectivity index (χ3v) is 4.39. The minimum Gasteiger partial charge on any atom is -0.497 e. The van der Waals surface area contributed by atoms with E-state index in [2.05, 4.69) is 24.0 Å². The predicted octanol–water partition coefficient (Wildman–Crippen LogP) is 2.90. The van der Waals surface area contributed by atoms with Gasteiger partial charge in [0.1, 0.15) is 5.75 Å². The van der Waals surface area contributed by atoms with Gasteiger partial charge in [0.05, 0.1) is 19.6 Å². The minimum atomic E-state index is -0.0381. The first-order chi connectivity index (χ1) is 10.6. The fourth-order valence-corrected chi connectivity index (χ4v) is 3.09. The highest BCUT2D eigenvalue weighted by Crippen LogP contribution is 2.22. The Morgan fingerprint density at radius 3 is 2.73 bits per heavy atom. The molecule has 0 saturated carbocycles. The molecule has 2 atom stereocenters. The molecule has 0 radical (unpaired) electrons. The number of esters is 1. The summed E-state index contributed by atoms with van der Waals surface area (Å²) in [6, 6.07) is 8.65. The van der Waals surface area contributed by atoms with Crippen molar-refractivity contribution in [3.8, 4) is 5.75 Å². The van der Waals surface area contributed by atoms with Crippen molar-refractivity contribution in [2.24, 2.45) is 5.92 Å². The Labute approximate surface area is 133 Å². The number of rotatable bonds is 6. The van der Waals surface area contributed by atoms with Gasteiger partial charge >= 0.3 is 5.97 Å². The van der Waals surface area contributed by atoms with Crippen molar-refractivity contribution in [1.29, 1.82) is 0 Å². The molecule has 2 rings (SSSR count). The zero-order chi connectivity index (χ0) is 15.9. The molecule has 1 aliphatic rings. The van der Waals surface area contributed by atoms with Crippen LogP contribution in [-0.2, 0) is 16.0 Å². The lowest BCUT2D eigenvalue weighted by molar-refractivity contribution is -0.150. The Hall–Kier alpha value is -1.55. The fourth-order valence-electron chi connectivity index (χ4n) is 3.09. The number of hydrogen-bond donors (Lipinski definition) is 0. The second-order valence-electron chi connectivity index (χ2n) is 5.99. The molecule has 4 nitrogen and oxygen atoms in total. The lowest BCUT2D eigenvalue weighted by Crippen LogP contribution is -2.44. The molecule has 4 heteroatoms. The molecule has 0 aromatic heterocycles. The molecule has 0 bridgehead atoms. The van der Waals surface area contributed by atoms with Gasteiger partial charge in [-0.05, 0) is 57.4 Å². The smallest absolute Gasteiger partial charge is 0.310 e. The SMILES string of the molecule is CCOC(=O)[C@H]1CCCN([C@@H](C)Cc2ccc(OC)cc2)C1. The summed E-state index contributed by atoms with van der Waals surface area (Å²) >= 11 is 0. The van der Waals surface area contributed by atoms with Crippen molar-refractivity contribution in [2.75, 3.05) is 26.8 Å². The highest BCUT2D eigenvalue weighted by molar-refractivity contribution is 5.72. The first-order valence-corrected chi connectivity index (χ1v) is 8.17. The fraction of sp³-hybridized carbons (Fsp3) is 0.611. The molecule has 1 aromatic rings. The summed E-state index contributed by atoms with van der Waals surface area (Å²) in [5.41, 5.74) is 1.30. The maximum absolute atomic E-state index is 11.9. The van der Waals surface area contributed by atoms with Crippen LogP contribution in [0.15, 0.2) is 24.3 Å². The van der Waals surface area contributed by atoms with Gasteiger partial charge in [-0.25, -0.2) is 0 Å². The summed E-state index contributed by atoms with van der Waals surface area (Å²) in [4.78, 5) is 14.3. The molecule has 0 aliphatic carbocycles. The van der Waals surface area contributed by atoms with Crippen LogP contribution in [0.1, 0.15) is 32.3 Å². The molecule has 0 unspecified atom stereocenters. The van der Waals surface area contributed by atoms with E-state index in [4.69, 9.17) is 9.47 Å². The van der Waals surface area contributed by atoms with E-state index in [0.29, 0.717) is 12.6 Å². The predicted molar refractivity (Wildman–Crippen MR) is 87.1 cm³/mol. The molecule has 1 fully saturated rings. The van der Waals surface area contributed by atoms with Gasteiger partial charge in [0.25, 0.3) is 0 Å². The zero-order valence-corrected chi connectivity index (χ0v) is 13.9. The second-order valence-corrected chi connectivity index (χ2v) is 5.99. The summed E-state index contributed by atoms with van der Waals surface area (Å²) in [6.07, 6.45) is 3.00. The molecule has 22 heavy (non-hydrogen) atoms. The summed E-state index contributed by atoms with van der Waals surface area (Å²) < 4.78 is 10.4. The van der Waals surface area contributed by atoms with Gasteiger partial charge in [0, 0.05) is 12.6 Å². The maximum atomic E-state index is 11.9. The minimum absolute atomic E-state index is 0.0343.